The summed E-state index contributed by atoms with van der Waals surface area (Å²) in [6.07, 6.45) is 11.7. The molecule has 0 aliphatic carbocycles. The van der Waals surface area contributed by atoms with E-state index in [1.807, 2.05) is 0 Å². The first-order valence-corrected chi connectivity index (χ1v) is 11.9. The number of aryl methyl sites for hydroxylation is 2. The molecule has 0 aliphatic heterocycles. The highest BCUT2D eigenvalue weighted by atomic mass is 127. The van der Waals surface area contributed by atoms with Gasteiger partial charge >= 0.3 is 0 Å². The molecule has 2 rings (SSSR count). The molecule has 0 saturated heterocycles. The Labute approximate surface area is 191 Å². The van der Waals surface area contributed by atoms with E-state index >= 15 is 0 Å². The fourth-order valence-electron chi connectivity index (χ4n) is 3.27. The quantitative estimate of drug-likeness (QED) is 0.189. The number of halogens is 2. The summed E-state index contributed by atoms with van der Waals surface area (Å²) < 4.78 is 13.1. The van der Waals surface area contributed by atoms with Crippen molar-refractivity contribution in [3.05, 3.63) is 54.7 Å². The molecular formula is C23H30I2O2. The van der Waals surface area contributed by atoms with Gasteiger partial charge in [-0.05, 0) is 106 Å². The Hall–Kier alpha value is -0.500. The zero-order chi connectivity index (χ0) is 19.5. The Bertz CT molecular complexity index is 641. The van der Waals surface area contributed by atoms with Crippen molar-refractivity contribution in [1.29, 1.82) is 0 Å². The Morgan fingerprint density at radius 3 is 1.30 bits per heavy atom. The molecule has 0 heterocycles. The summed E-state index contributed by atoms with van der Waals surface area (Å²) >= 11 is 4.70. The van der Waals surface area contributed by atoms with Crippen LogP contribution in [0.1, 0.15) is 56.1 Å². The maximum Gasteiger partial charge on any atom is 0.132 e. The van der Waals surface area contributed by atoms with Gasteiger partial charge in [0.1, 0.15) is 11.5 Å². The molecule has 0 amide bonds. The first-order valence-electron chi connectivity index (χ1n) is 9.79. The van der Waals surface area contributed by atoms with Gasteiger partial charge in [-0.3, -0.25) is 0 Å². The van der Waals surface area contributed by atoms with Crippen molar-refractivity contribution in [3.8, 4) is 11.5 Å². The molecule has 0 aromatic heterocycles. The van der Waals surface area contributed by atoms with Gasteiger partial charge in [0.25, 0.3) is 0 Å². The van der Waals surface area contributed by atoms with Gasteiger partial charge in [0.2, 0.25) is 0 Å². The zero-order valence-corrected chi connectivity index (χ0v) is 20.7. The number of hydrogen-bond donors (Lipinski definition) is 0. The molecular weight excluding hydrogens is 562 g/mol. The van der Waals surface area contributed by atoms with E-state index in [-0.39, 0.29) is 0 Å². The van der Waals surface area contributed by atoms with Gasteiger partial charge in [0.15, 0.2) is 0 Å². The Morgan fingerprint density at radius 1 is 0.593 bits per heavy atom. The molecule has 0 atom stereocenters. The minimum Gasteiger partial charge on any atom is -0.496 e. The van der Waals surface area contributed by atoms with E-state index in [2.05, 4.69) is 81.6 Å². The van der Waals surface area contributed by atoms with Crippen molar-refractivity contribution in [3.63, 3.8) is 0 Å². The van der Waals surface area contributed by atoms with Gasteiger partial charge in [0, 0.05) is 0 Å². The third-order valence-electron chi connectivity index (χ3n) is 4.86. The Morgan fingerprint density at radius 2 is 0.963 bits per heavy atom. The van der Waals surface area contributed by atoms with Crippen LogP contribution in [0.25, 0.3) is 0 Å². The predicted molar refractivity (Wildman–Crippen MR) is 131 cm³/mol. The van der Waals surface area contributed by atoms with Crippen molar-refractivity contribution in [1.82, 2.24) is 0 Å². The summed E-state index contributed by atoms with van der Waals surface area (Å²) in [5.74, 6) is 1.95. The number of unbranched alkanes of at least 4 members (excludes halogenated alkanes) is 6. The van der Waals surface area contributed by atoms with Crippen LogP contribution < -0.4 is 9.47 Å². The summed E-state index contributed by atoms with van der Waals surface area (Å²) in [4.78, 5) is 0. The van der Waals surface area contributed by atoms with Crippen LogP contribution in [0.5, 0.6) is 11.5 Å². The van der Waals surface area contributed by atoms with Gasteiger partial charge in [-0.1, -0.05) is 44.2 Å². The topological polar surface area (TPSA) is 18.5 Å². The molecule has 0 radical (unpaired) electrons. The summed E-state index contributed by atoms with van der Waals surface area (Å²) in [5.41, 5.74) is 2.85. The van der Waals surface area contributed by atoms with Crippen LogP contribution in [-0.4, -0.2) is 14.2 Å². The molecule has 0 fully saturated rings. The molecule has 2 aromatic rings. The second-order valence-electron chi connectivity index (χ2n) is 6.91. The molecule has 2 nitrogen and oxygen atoms in total. The third kappa shape index (κ3) is 8.18. The SMILES string of the molecule is COc1ccc(CCCCCCCCCc2ccc(OC)c(I)c2)cc1I. The lowest BCUT2D eigenvalue weighted by Gasteiger charge is -2.07. The molecule has 2 aromatic carbocycles. The fraction of sp³-hybridized carbons (Fsp3) is 0.478. The van der Waals surface area contributed by atoms with Crippen molar-refractivity contribution in [2.24, 2.45) is 0 Å². The van der Waals surface area contributed by atoms with Crippen LogP contribution in [0.2, 0.25) is 0 Å². The molecule has 27 heavy (non-hydrogen) atoms. The summed E-state index contributed by atoms with van der Waals surface area (Å²) in [7, 11) is 3.46. The minimum atomic E-state index is 0.976. The van der Waals surface area contributed by atoms with Gasteiger partial charge < -0.3 is 9.47 Å². The zero-order valence-electron chi connectivity index (χ0n) is 16.4. The lowest BCUT2D eigenvalue weighted by atomic mass is 10.0. The van der Waals surface area contributed by atoms with E-state index in [0.29, 0.717) is 0 Å². The highest BCUT2D eigenvalue weighted by molar-refractivity contribution is 14.1. The first kappa shape index (κ1) is 22.8. The number of hydrogen-bond acceptors (Lipinski definition) is 2. The average molecular weight is 592 g/mol. The second kappa shape index (κ2) is 12.9. The van der Waals surface area contributed by atoms with Crippen LogP contribution in [0.4, 0.5) is 0 Å². The lowest BCUT2D eigenvalue weighted by Crippen LogP contribution is -1.92. The van der Waals surface area contributed by atoms with E-state index in [9.17, 15) is 0 Å². The van der Waals surface area contributed by atoms with Crippen LogP contribution in [0, 0.1) is 7.14 Å². The van der Waals surface area contributed by atoms with Crippen LogP contribution in [0.3, 0.4) is 0 Å². The van der Waals surface area contributed by atoms with E-state index in [1.54, 1.807) is 14.2 Å². The number of benzene rings is 2. The average Bonchev–Trinajstić information content (AvgIpc) is 2.67. The van der Waals surface area contributed by atoms with Gasteiger partial charge in [0.05, 0.1) is 21.4 Å². The van der Waals surface area contributed by atoms with Crippen molar-refractivity contribution < 1.29 is 9.47 Å². The normalized spacial score (nSPS) is 10.8. The van der Waals surface area contributed by atoms with E-state index < -0.39 is 0 Å². The maximum atomic E-state index is 5.32. The maximum absolute atomic E-state index is 5.32. The Balaban J connectivity index is 1.51. The smallest absolute Gasteiger partial charge is 0.132 e. The Kier molecular flexibility index (Phi) is 10.9. The number of ether oxygens (including phenoxy) is 2. The molecule has 0 spiro atoms. The van der Waals surface area contributed by atoms with Crippen molar-refractivity contribution in [2.75, 3.05) is 14.2 Å². The first-order chi connectivity index (χ1) is 13.1. The fourth-order valence-corrected chi connectivity index (χ4v) is 4.87. The highest BCUT2D eigenvalue weighted by Gasteiger charge is 2.03. The number of rotatable bonds is 12. The lowest BCUT2D eigenvalue weighted by molar-refractivity contribution is 0.411. The summed E-state index contributed by atoms with van der Waals surface area (Å²) in [6.45, 7) is 0. The second-order valence-corrected chi connectivity index (χ2v) is 9.24. The molecule has 0 bridgehead atoms. The van der Waals surface area contributed by atoms with Gasteiger partial charge in [-0.2, -0.15) is 0 Å². The highest BCUT2D eigenvalue weighted by Crippen LogP contribution is 2.24. The van der Waals surface area contributed by atoms with Crippen LogP contribution in [-0.2, 0) is 12.8 Å². The third-order valence-corrected chi connectivity index (χ3v) is 6.55. The molecule has 0 unspecified atom stereocenters. The van der Waals surface area contributed by atoms with Crippen molar-refractivity contribution in [2.45, 2.75) is 57.8 Å². The molecule has 4 heteroatoms. The van der Waals surface area contributed by atoms with Gasteiger partial charge in [-0.15, -0.1) is 0 Å². The van der Waals surface area contributed by atoms with E-state index in [1.165, 1.54) is 76.1 Å². The van der Waals surface area contributed by atoms with Gasteiger partial charge in [-0.25, -0.2) is 0 Å². The monoisotopic (exact) mass is 592 g/mol. The van der Waals surface area contributed by atoms with Crippen LogP contribution >= 0.6 is 45.2 Å². The van der Waals surface area contributed by atoms with Crippen molar-refractivity contribution >= 4 is 45.2 Å². The molecule has 0 N–H and O–H groups in total. The van der Waals surface area contributed by atoms with E-state index in [0.717, 1.165) is 11.5 Å². The number of methoxy groups -OCH3 is 2. The molecule has 148 valence electrons. The largest absolute Gasteiger partial charge is 0.496 e. The molecule has 0 aliphatic rings. The molecule has 0 saturated carbocycles. The summed E-state index contributed by atoms with van der Waals surface area (Å²) in [5, 5.41) is 0. The predicted octanol–water partition coefficient (Wildman–Crippen LogP) is 7.43. The van der Waals surface area contributed by atoms with Crippen LogP contribution in [0.15, 0.2) is 36.4 Å². The minimum absolute atomic E-state index is 0.976. The summed E-state index contributed by atoms with van der Waals surface area (Å²) in [6, 6.07) is 13.1. The standard InChI is InChI=1S/C23H30I2O2/c1-26-22-14-12-18(16-20(22)24)10-8-6-4-3-5-7-9-11-19-13-15-23(27-2)21(25)17-19/h12-17H,3-11H2,1-2H3. The van der Waals surface area contributed by atoms with E-state index in [4.69, 9.17) is 9.47 Å².